The van der Waals surface area contributed by atoms with Crippen molar-refractivity contribution in [2.24, 2.45) is 11.7 Å². The number of hydrogen-bond acceptors (Lipinski definition) is 4. The number of hydrogen-bond donors (Lipinski definition) is 2. The summed E-state index contributed by atoms with van der Waals surface area (Å²) in [4.78, 5) is 24.2. The Labute approximate surface area is 140 Å². The standard InChI is InChI=1S/C18H22N2O4/c1-23-10-11-7-8-13-14(9-11)24-17(15(13)20-18(19)22)16(21)12-5-3-2-4-6-12/h7-9,12H,2-6,10H2,1H3,(H3,19,20,22). The minimum Gasteiger partial charge on any atom is -0.451 e. The van der Waals surface area contributed by atoms with E-state index in [-0.39, 0.29) is 17.5 Å². The zero-order chi connectivity index (χ0) is 17.1. The molecular weight excluding hydrogens is 308 g/mol. The fourth-order valence-corrected chi connectivity index (χ4v) is 3.37. The van der Waals surface area contributed by atoms with Crippen molar-refractivity contribution in [2.45, 2.75) is 38.7 Å². The highest BCUT2D eigenvalue weighted by molar-refractivity contribution is 6.11. The molecular formula is C18H22N2O4. The maximum absolute atomic E-state index is 12.9. The number of rotatable bonds is 5. The van der Waals surface area contributed by atoms with E-state index in [1.165, 1.54) is 0 Å². The third-order valence-corrected chi connectivity index (χ3v) is 4.51. The Morgan fingerprint density at radius 2 is 2.04 bits per heavy atom. The van der Waals surface area contributed by atoms with Gasteiger partial charge in [0.1, 0.15) is 11.3 Å². The monoisotopic (exact) mass is 330 g/mol. The average molecular weight is 330 g/mol. The van der Waals surface area contributed by atoms with Crippen LogP contribution in [0.1, 0.15) is 48.2 Å². The molecule has 3 N–H and O–H groups in total. The van der Waals surface area contributed by atoms with E-state index in [1.807, 2.05) is 18.2 Å². The number of methoxy groups -OCH3 is 1. The number of amides is 2. The molecule has 6 heteroatoms. The minimum absolute atomic E-state index is 0.0498. The first kappa shape index (κ1) is 16.5. The molecule has 0 saturated heterocycles. The summed E-state index contributed by atoms with van der Waals surface area (Å²) in [6, 6.07) is 4.80. The molecule has 1 fully saturated rings. The van der Waals surface area contributed by atoms with Crippen molar-refractivity contribution < 1.29 is 18.7 Å². The quantitative estimate of drug-likeness (QED) is 0.814. The molecule has 1 aromatic carbocycles. The topological polar surface area (TPSA) is 94.6 Å². The lowest BCUT2D eigenvalue weighted by Crippen LogP contribution is -2.22. The molecule has 1 aliphatic rings. The Bertz CT molecular complexity index is 760. The number of carbonyl (C=O) groups excluding carboxylic acids is 2. The lowest BCUT2D eigenvalue weighted by atomic mass is 9.85. The zero-order valence-electron chi connectivity index (χ0n) is 13.8. The predicted molar refractivity (Wildman–Crippen MR) is 91.0 cm³/mol. The Hall–Kier alpha value is -2.34. The highest BCUT2D eigenvalue weighted by atomic mass is 16.5. The van der Waals surface area contributed by atoms with Crippen molar-refractivity contribution in [1.82, 2.24) is 0 Å². The van der Waals surface area contributed by atoms with Gasteiger partial charge in [-0.05, 0) is 30.5 Å². The van der Waals surface area contributed by atoms with E-state index in [9.17, 15) is 9.59 Å². The second-order valence-electron chi connectivity index (χ2n) is 6.26. The third-order valence-electron chi connectivity index (χ3n) is 4.51. The van der Waals surface area contributed by atoms with E-state index < -0.39 is 6.03 Å². The smallest absolute Gasteiger partial charge is 0.316 e. The van der Waals surface area contributed by atoms with Crippen LogP contribution in [0, 0.1) is 5.92 Å². The molecule has 2 amide bonds. The summed E-state index contributed by atoms with van der Waals surface area (Å²) >= 11 is 0. The fourth-order valence-electron chi connectivity index (χ4n) is 3.37. The van der Waals surface area contributed by atoms with Crippen LogP contribution in [0.25, 0.3) is 11.0 Å². The SMILES string of the molecule is COCc1ccc2c(NC(N)=O)c(C(=O)C3CCCCC3)oc2c1. The van der Waals surface area contributed by atoms with E-state index in [0.717, 1.165) is 37.7 Å². The first-order valence-corrected chi connectivity index (χ1v) is 8.25. The largest absolute Gasteiger partial charge is 0.451 e. The maximum atomic E-state index is 12.9. The van der Waals surface area contributed by atoms with Crippen LogP contribution in [0.15, 0.2) is 22.6 Å². The number of ether oxygens (including phenoxy) is 1. The van der Waals surface area contributed by atoms with Gasteiger partial charge in [0.2, 0.25) is 5.78 Å². The summed E-state index contributed by atoms with van der Waals surface area (Å²) in [6.07, 6.45) is 4.98. The number of fused-ring (bicyclic) bond motifs is 1. The van der Waals surface area contributed by atoms with Gasteiger partial charge in [0, 0.05) is 18.4 Å². The van der Waals surface area contributed by atoms with Gasteiger partial charge >= 0.3 is 6.03 Å². The van der Waals surface area contributed by atoms with Gasteiger partial charge in [-0.3, -0.25) is 4.79 Å². The predicted octanol–water partition coefficient (Wildman–Crippen LogP) is 3.83. The molecule has 1 heterocycles. The van der Waals surface area contributed by atoms with Crippen LogP contribution in [-0.4, -0.2) is 18.9 Å². The average Bonchev–Trinajstić information content (AvgIpc) is 2.92. The molecule has 24 heavy (non-hydrogen) atoms. The van der Waals surface area contributed by atoms with Gasteiger partial charge in [0.15, 0.2) is 5.76 Å². The number of furan rings is 1. The fraction of sp³-hybridized carbons (Fsp3) is 0.444. The van der Waals surface area contributed by atoms with E-state index in [1.54, 1.807) is 7.11 Å². The Morgan fingerprint density at radius 1 is 1.29 bits per heavy atom. The number of benzene rings is 1. The Morgan fingerprint density at radius 3 is 2.71 bits per heavy atom. The molecule has 0 atom stereocenters. The second kappa shape index (κ2) is 7.05. The van der Waals surface area contributed by atoms with Gasteiger partial charge in [0.25, 0.3) is 0 Å². The Balaban J connectivity index is 2.03. The van der Waals surface area contributed by atoms with Gasteiger partial charge in [0.05, 0.1) is 6.61 Å². The summed E-state index contributed by atoms with van der Waals surface area (Å²) in [5.74, 6) is 0.0967. The summed E-state index contributed by atoms with van der Waals surface area (Å²) in [5.41, 5.74) is 7.13. The van der Waals surface area contributed by atoms with E-state index in [2.05, 4.69) is 5.32 Å². The van der Waals surface area contributed by atoms with Crippen molar-refractivity contribution in [3.63, 3.8) is 0 Å². The molecule has 0 bridgehead atoms. The van der Waals surface area contributed by atoms with Crippen LogP contribution in [-0.2, 0) is 11.3 Å². The normalized spacial score (nSPS) is 15.5. The lowest BCUT2D eigenvalue weighted by Gasteiger charge is -2.19. The van der Waals surface area contributed by atoms with E-state index >= 15 is 0 Å². The Kier molecular flexibility index (Phi) is 4.85. The van der Waals surface area contributed by atoms with Gasteiger partial charge in [-0.15, -0.1) is 0 Å². The summed E-state index contributed by atoms with van der Waals surface area (Å²) in [5, 5.41) is 3.23. The van der Waals surface area contributed by atoms with Crippen LogP contribution in [0.5, 0.6) is 0 Å². The highest BCUT2D eigenvalue weighted by Crippen LogP contribution is 2.36. The number of urea groups is 1. The van der Waals surface area contributed by atoms with Crippen LogP contribution in [0.3, 0.4) is 0 Å². The molecule has 2 aromatic rings. The van der Waals surface area contributed by atoms with Gasteiger partial charge in [-0.2, -0.15) is 0 Å². The van der Waals surface area contributed by atoms with E-state index in [4.69, 9.17) is 14.9 Å². The molecule has 6 nitrogen and oxygen atoms in total. The molecule has 3 rings (SSSR count). The zero-order valence-corrected chi connectivity index (χ0v) is 13.8. The van der Waals surface area contributed by atoms with E-state index in [0.29, 0.717) is 23.3 Å². The number of Topliss-reactive ketones (excluding diaryl/α,β-unsaturated/α-hetero) is 1. The van der Waals surface area contributed by atoms with Gasteiger partial charge in [-0.1, -0.05) is 25.3 Å². The molecule has 1 aliphatic carbocycles. The number of nitrogens with two attached hydrogens (primary N) is 1. The van der Waals surface area contributed by atoms with Crippen molar-refractivity contribution in [1.29, 1.82) is 0 Å². The second-order valence-corrected chi connectivity index (χ2v) is 6.26. The molecule has 0 radical (unpaired) electrons. The molecule has 0 aliphatic heterocycles. The molecule has 1 saturated carbocycles. The van der Waals surface area contributed by atoms with Crippen LogP contribution in [0.4, 0.5) is 10.5 Å². The van der Waals surface area contributed by atoms with Crippen LogP contribution < -0.4 is 11.1 Å². The number of carbonyl (C=O) groups is 2. The summed E-state index contributed by atoms with van der Waals surface area (Å²) in [6.45, 7) is 0.446. The summed E-state index contributed by atoms with van der Waals surface area (Å²) < 4.78 is 10.9. The number of primary amides is 1. The molecule has 128 valence electrons. The number of anilines is 1. The van der Waals surface area contributed by atoms with Crippen molar-refractivity contribution >= 4 is 28.5 Å². The van der Waals surface area contributed by atoms with Crippen molar-refractivity contribution in [3.8, 4) is 0 Å². The number of ketones is 1. The van der Waals surface area contributed by atoms with Crippen molar-refractivity contribution in [3.05, 3.63) is 29.5 Å². The molecule has 0 spiro atoms. The maximum Gasteiger partial charge on any atom is 0.316 e. The molecule has 0 unspecified atom stereocenters. The highest BCUT2D eigenvalue weighted by Gasteiger charge is 2.29. The van der Waals surface area contributed by atoms with Gasteiger partial charge in [-0.25, -0.2) is 4.79 Å². The first-order chi connectivity index (χ1) is 11.6. The van der Waals surface area contributed by atoms with Gasteiger partial charge < -0.3 is 20.2 Å². The summed E-state index contributed by atoms with van der Waals surface area (Å²) in [7, 11) is 1.62. The molecule has 1 aromatic heterocycles. The lowest BCUT2D eigenvalue weighted by molar-refractivity contribution is 0.0864. The van der Waals surface area contributed by atoms with Crippen molar-refractivity contribution in [2.75, 3.05) is 12.4 Å². The van der Waals surface area contributed by atoms with Crippen LogP contribution in [0.2, 0.25) is 0 Å². The minimum atomic E-state index is -0.712. The first-order valence-electron chi connectivity index (χ1n) is 8.25. The third kappa shape index (κ3) is 3.28. The van der Waals surface area contributed by atoms with Crippen LogP contribution >= 0.6 is 0 Å². The number of nitrogens with one attached hydrogen (secondary N) is 1.